The number of nitrogens with zero attached hydrogens (tertiary/aromatic N) is 4. The highest BCUT2D eigenvalue weighted by Crippen LogP contribution is 2.46. The number of amides is 1. The van der Waals surface area contributed by atoms with E-state index in [0.717, 1.165) is 50.5 Å². The number of hydrogen-bond donors (Lipinski definition) is 3. The van der Waals surface area contributed by atoms with Gasteiger partial charge < -0.3 is 20.9 Å². The first kappa shape index (κ1) is 22.5. The van der Waals surface area contributed by atoms with Gasteiger partial charge in [0.25, 0.3) is 0 Å². The van der Waals surface area contributed by atoms with Gasteiger partial charge >= 0.3 is 0 Å². The summed E-state index contributed by atoms with van der Waals surface area (Å²) in [5.41, 5.74) is 10.1. The second kappa shape index (κ2) is 8.93. The highest BCUT2D eigenvalue weighted by molar-refractivity contribution is 6.34. The van der Waals surface area contributed by atoms with Crippen molar-refractivity contribution >= 4 is 34.4 Å². The fraction of sp³-hybridized carbons (Fsp3) is 0.423. The molecule has 4 atom stereocenters. The van der Waals surface area contributed by atoms with E-state index in [9.17, 15) is 4.79 Å². The van der Waals surface area contributed by atoms with Crippen molar-refractivity contribution in [2.24, 2.45) is 23.5 Å². The average Bonchev–Trinajstić information content (AvgIpc) is 3.58. The van der Waals surface area contributed by atoms with Crippen LogP contribution in [-0.2, 0) is 11.3 Å². The summed E-state index contributed by atoms with van der Waals surface area (Å²) in [4.78, 5) is 29.7. The Balaban J connectivity index is 1.24. The molecule has 182 valence electrons. The number of primary amides is 1. The number of carbonyl (C=O) groups is 1. The van der Waals surface area contributed by atoms with Gasteiger partial charge in [-0.3, -0.25) is 9.69 Å². The number of nitrogens with two attached hydrogens (primary N) is 1. The molecule has 8 nitrogen and oxygen atoms in total. The molecule has 6 rings (SSSR count). The quantitative estimate of drug-likeness (QED) is 0.458. The maximum absolute atomic E-state index is 12.2. The lowest BCUT2D eigenvalue weighted by molar-refractivity contribution is -0.122. The number of aromatic amines is 1. The number of H-pyrrole nitrogens is 1. The third-order valence-corrected chi connectivity index (χ3v) is 8.08. The van der Waals surface area contributed by atoms with Gasteiger partial charge in [0, 0.05) is 44.3 Å². The molecule has 9 heteroatoms. The summed E-state index contributed by atoms with van der Waals surface area (Å²) < 4.78 is 0. The normalized spacial score (nSPS) is 26.6. The number of nitrogens with one attached hydrogen (secondary N) is 2. The first-order chi connectivity index (χ1) is 17.0. The van der Waals surface area contributed by atoms with Crippen molar-refractivity contribution in [3.63, 3.8) is 0 Å². The Hall–Kier alpha value is -2.94. The second-order valence-electron chi connectivity index (χ2n) is 10.1. The Kier molecular flexibility index (Phi) is 5.75. The van der Waals surface area contributed by atoms with Crippen molar-refractivity contribution in [2.45, 2.75) is 19.0 Å². The third kappa shape index (κ3) is 4.20. The van der Waals surface area contributed by atoms with E-state index in [2.05, 4.69) is 68.5 Å². The van der Waals surface area contributed by atoms with Crippen LogP contribution in [0.2, 0.25) is 5.02 Å². The minimum Gasteiger partial charge on any atom is -0.378 e. The molecule has 2 aromatic heterocycles. The molecule has 2 fully saturated rings. The Labute approximate surface area is 209 Å². The summed E-state index contributed by atoms with van der Waals surface area (Å²) in [5.74, 6) is 0.646. The minimum absolute atomic E-state index is 0.0976. The SMILES string of the molecule is CN1CCN(Cc2ccc(-c3nc4c(N[C@H]5[C@@H](C(N)=O)[C@@H]6C=C[C@H]5C6)c(Cl)cnc4[nH]3)cc2)CC1. The van der Waals surface area contributed by atoms with E-state index < -0.39 is 0 Å². The molecule has 0 radical (unpaired) electrons. The van der Waals surface area contributed by atoms with Gasteiger partial charge in [-0.15, -0.1) is 0 Å². The molecule has 2 bridgehead atoms. The third-order valence-electron chi connectivity index (χ3n) is 7.80. The van der Waals surface area contributed by atoms with Gasteiger partial charge in [0.15, 0.2) is 5.65 Å². The predicted octanol–water partition coefficient (Wildman–Crippen LogP) is 3.11. The Morgan fingerprint density at radius 3 is 2.66 bits per heavy atom. The molecular weight excluding hydrogens is 462 g/mol. The van der Waals surface area contributed by atoms with Gasteiger partial charge in [-0.25, -0.2) is 9.97 Å². The van der Waals surface area contributed by atoms with E-state index in [0.29, 0.717) is 21.9 Å². The number of piperazine rings is 1. The van der Waals surface area contributed by atoms with Crippen LogP contribution in [0, 0.1) is 17.8 Å². The lowest BCUT2D eigenvalue weighted by Gasteiger charge is -2.32. The molecule has 1 aliphatic heterocycles. The molecule has 1 saturated carbocycles. The van der Waals surface area contributed by atoms with Gasteiger partial charge in [0.05, 0.1) is 22.8 Å². The number of hydrogen-bond acceptors (Lipinski definition) is 6. The summed E-state index contributed by atoms with van der Waals surface area (Å²) >= 11 is 6.57. The molecule has 35 heavy (non-hydrogen) atoms. The number of fused-ring (bicyclic) bond motifs is 3. The smallest absolute Gasteiger partial charge is 0.223 e. The standard InChI is InChI=1S/C26H30ClN7O/c1-33-8-10-34(11-9-33)14-15-2-4-16(5-3-15)25-31-23-22(19(27)13-29-26(23)32-25)30-21-18-7-6-17(12-18)20(21)24(28)35/h2-7,13,17-18,20-21H,8-12,14H2,1H3,(H2,28,35)(H2,29,30,31,32)/t17-,18+,20+,21-/m1/s1. The molecule has 0 unspecified atom stereocenters. The van der Waals surface area contributed by atoms with Crippen LogP contribution < -0.4 is 11.1 Å². The topological polar surface area (TPSA) is 103 Å². The van der Waals surface area contributed by atoms with Crippen molar-refractivity contribution in [3.05, 3.63) is 53.2 Å². The van der Waals surface area contributed by atoms with E-state index in [1.165, 1.54) is 5.56 Å². The average molecular weight is 492 g/mol. The molecule has 3 heterocycles. The minimum atomic E-state index is -0.278. The van der Waals surface area contributed by atoms with Crippen molar-refractivity contribution < 1.29 is 4.79 Å². The Morgan fingerprint density at radius 1 is 1.17 bits per heavy atom. The maximum atomic E-state index is 12.2. The summed E-state index contributed by atoms with van der Waals surface area (Å²) in [7, 11) is 2.17. The second-order valence-corrected chi connectivity index (χ2v) is 10.5. The monoisotopic (exact) mass is 491 g/mol. The highest BCUT2D eigenvalue weighted by atomic mass is 35.5. The number of aromatic nitrogens is 3. The number of anilines is 1. The van der Waals surface area contributed by atoms with Crippen LogP contribution in [-0.4, -0.2) is 69.9 Å². The van der Waals surface area contributed by atoms with E-state index in [1.54, 1.807) is 6.20 Å². The molecule has 4 N–H and O–H groups in total. The number of allylic oxidation sites excluding steroid dienone is 1. The van der Waals surface area contributed by atoms with Crippen molar-refractivity contribution in [2.75, 3.05) is 38.5 Å². The van der Waals surface area contributed by atoms with Crippen LogP contribution in [0.3, 0.4) is 0 Å². The van der Waals surface area contributed by atoms with Gasteiger partial charge in [-0.2, -0.15) is 0 Å². The lowest BCUT2D eigenvalue weighted by atomic mass is 9.88. The number of imidazole rings is 1. The first-order valence-corrected chi connectivity index (χ1v) is 12.6. The van der Waals surface area contributed by atoms with Crippen molar-refractivity contribution in [1.82, 2.24) is 24.8 Å². The van der Waals surface area contributed by atoms with Gasteiger partial charge in [-0.05, 0) is 30.9 Å². The number of likely N-dealkylation sites (N-methyl/N-ethyl adjacent to an activating group) is 1. The fourth-order valence-electron chi connectivity index (χ4n) is 5.81. The van der Waals surface area contributed by atoms with Gasteiger partial charge in [-0.1, -0.05) is 48.0 Å². The van der Waals surface area contributed by atoms with E-state index in [4.69, 9.17) is 22.3 Å². The zero-order valence-corrected chi connectivity index (χ0v) is 20.5. The number of benzene rings is 1. The van der Waals surface area contributed by atoms with Crippen LogP contribution in [0.1, 0.15) is 12.0 Å². The number of halogens is 1. The first-order valence-electron chi connectivity index (χ1n) is 12.2. The fourth-order valence-corrected chi connectivity index (χ4v) is 6.00. The van der Waals surface area contributed by atoms with E-state index in [1.807, 2.05) is 0 Å². The van der Waals surface area contributed by atoms with Crippen LogP contribution in [0.25, 0.3) is 22.6 Å². The largest absolute Gasteiger partial charge is 0.378 e. The molecule has 2 aliphatic carbocycles. The lowest BCUT2D eigenvalue weighted by Crippen LogP contribution is -2.43. The highest BCUT2D eigenvalue weighted by Gasteiger charge is 2.47. The Morgan fingerprint density at radius 2 is 1.91 bits per heavy atom. The summed E-state index contributed by atoms with van der Waals surface area (Å²) in [5, 5.41) is 4.00. The molecular formula is C26H30ClN7O. The predicted molar refractivity (Wildman–Crippen MR) is 138 cm³/mol. The molecule has 3 aliphatic rings. The summed E-state index contributed by atoms with van der Waals surface area (Å²) in [6.45, 7) is 5.38. The van der Waals surface area contributed by atoms with Crippen molar-refractivity contribution in [1.29, 1.82) is 0 Å². The van der Waals surface area contributed by atoms with Crippen LogP contribution in [0.4, 0.5) is 5.69 Å². The van der Waals surface area contributed by atoms with Gasteiger partial charge in [0.1, 0.15) is 11.3 Å². The molecule has 1 amide bonds. The zero-order chi connectivity index (χ0) is 24.1. The van der Waals surface area contributed by atoms with Crippen LogP contribution >= 0.6 is 11.6 Å². The maximum Gasteiger partial charge on any atom is 0.223 e. The molecule has 1 aromatic carbocycles. The Bertz CT molecular complexity index is 1280. The molecule has 0 spiro atoms. The van der Waals surface area contributed by atoms with E-state index >= 15 is 0 Å². The summed E-state index contributed by atoms with van der Waals surface area (Å²) in [6, 6.07) is 8.43. The number of carbonyl (C=O) groups excluding carboxylic acids is 1. The van der Waals surface area contributed by atoms with Crippen LogP contribution in [0.5, 0.6) is 0 Å². The molecule has 3 aromatic rings. The van der Waals surface area contributed by atoms with Crippen molar-refractivity contribution in [3.8, 4) is 11.4 Å². The number of pyridine rings is 1. The number of rotatable bonds is 6. The summed E-state index contributed by atoms with van der Waals surface area (Å²) in [6.07, 6.45) is 6.84. The van der Waals surface area contributed by atoms with E-state index in [-0.39, 0.29) is 29.7 Å². The molecule has 1 saturated heterocycles. The van der Waals surface area contributed by atoms with Gasteiger partial charge in [0.2, 0.25) is 5.91 Å². The van der Waals surface area contributed by atoms with Crippen LogP contribution in [0.15, 0.2) is 42.6 Å². The zero-order valence-electron chi connectivity index (χ0n) is 19.7.